The molecule has 1 aromatic carbocycles. The average Bonchev–Trinajstić information content (AvgIpc) is 3.24. The lowest BCUT2D eigenvalue weighted by molar-refractivity contribution is -0.158. The first-order valence-electron chi connectivity index (χ1n) is 9.37. The fourth-order valence-electron chi connectivity index (χ4n) is 3.55. The van der Waals surface area contributed by atoms with Crippen LogP contribution in [0, 0.1) is 12.8 Å². The Hall–Kier alpha value is -3.43. The summed E-state index contributed by atoms with van der Waals surface area (Å²) in [6.45, 7) is 1.80. The summed E-state index contributed by atoms with van der Waals surface area (Å²) < 4.78 is 46.7. The number of amides is 1. The summed E-state index contributed by atoms with van der Waals surface area (Å²) in [5.74, 6) is -1.47. The van der Waals surface area contributed by atoms with Gasteiger partial charge < -0.3 is 9.73 Å². The minimum absolute atomic E-state index is 0.141. The number of nitrogens with one attached hydrogen (secondary N) is 1. The SMILES string of the molecule is Cc1cc(-c2ccc3ocnc3c2)nc2c(C(=O)NC(C3CC3)C(F)(F)F)ncn12. The van der Waals surface area contributed by atoms with Gasteiger partial charge in [-0.25, -0.2) is 15.0 Å². The molecule has 4 aromatic rings. The molecule has 0 aliphatic heterocycles. The normalized spacial score (nSPS) is 15.6. The van der Waals surface area contributed by atoms with Crippen molar-refractivity contribution in [2.75, 3.05) is 0 Å². The molecule has 1 atom stereocenters. The molecule has 10 heteroatoms. The van der Waals surface area contributed by atoms with Crippen LogP contribution in [0.2, 0.25) is 0 Å². The van der Waals surface area contributed by atoms with Gasteiger partial charge in [0, 0.05) is 11.3 Å². The van der Waals surface area contributed by atoms with Crippen LogP contribution in [0.25, 0.3) is 28.0 Å². The van der Waals surface area contributed by atoms with E-state index in [2.05, 4.69) is 20.3 Å². The molecule has 5 rings (SSSR count). The van der Waals surface area contributed by atoms with Crippen LogP contribution in [0.1, 0.15) is 29.0 Å². The lowest BCUT2D eigenvalue weighted by atomic mass is 10.1. The fourth-order valence-corrected chi connectivity index (χ4v) is 3.55. The molecular weight excluding hydrogens is 399 g/mol. The standard InChI is InChI=1S/C20H16F3N5O2/c1-10-6-13(12-4-5-15-14(7-12)25-9-30-15)26-18-16(24-8-28(10)18)19(29)27-17(11-2-3-11)20(21,22)23/h4-9,11,17H,2-3H2,1H3,(H,27,29). The Balaban J connectivity index is 1.54. The van der Waals surface area contributed by atoms with Crippen LogP contribution in [0.4, 0.5) is 13.2 Å². The van der Waals surface area contributed by atoms with Gasteiger partial charge in [-0.05, 0) is 49.9 Å². The molecule has 1 fully saturated rings. The van der Waals surface area contributed by atoms with Gasteiger partial charge in [-0.15, -0.1) is 0 Å². The number of fused-ring (bicyclic) bond motifs is 2. The lowest BCUT2D eigenvalue weighted by Gasteiger charge is -2.20. The molecular formula is C20H16F3N5O2. The zero-order valence-corrected chi connectivity index (χ0v) is 15.8. The maximum atomic E-state index is 13.3. The van der Waals surface area contributed by atoms with E-state index < -0.39 is 24.0 Å². The summed E-state index contributed by atoms with van der Waals surface area (Å²) >= 11 is 0. The third-order valence-corrected chi connectivity index (χ3v) is 5.27. The number of carbonyl (C=O) groups excluding carboxylic acids is 1. The van der Waals surface area contributed by atoms with Crippen molar-refractivity contribution in [1.29, 1.82) is 0 Å². The predicted octanol–water partition coefficient (Wildman–Crippen LogP) is 3.92. The number of aryl methyl sites for hydroxylation is 1. The van der Waals surface area contributed by atoms with Crippen molar-refractivity contribution in [2.45, 2.75) is 32.0 Å². The first-order chi connectivity index (χ1) is 14.3. The van der Waals surface area contributed by atoms with Gasteiger partial charge in [-0.1, -0.05) is 0 Å². The van der Waals surface area contributed by atoms with Crippen LogP contribution >= 0.6 is 0 Å². The molecule has 3 heterocycles. The number of oxazole rings is 1. The Labute approximate surface area is 167 Å². The van der Waals surface area contributed by atoms with Gasteiger partial charge in [0.05, 0.1) is 5.69 Å². The zero-order chi connectivity index (χ0) is 21.0. The number of imidazole rings is 1. The summed E-state index contributed by atoms with van der Waals surface area (Å²) in [5.41, 5.74) is 3.35. The van der Waals surface area contributed by atoms with Crippen LogP contribution in [0.5, 0.6) is 0 Å². The summed E-state index contributed by atoms with van der Waals surface area (Å²) in [6, 6.07) is 5.28. The third kappa shape index (κ3) is 3.17. The van der Waals surface area contributed by atoms with Crippen molar-refractivity contribution in [1.82, 2.24) is 24.7 Å². The monoisotopic (exact) mass is 415 g/mol. The molecule has 1 N–H and O–H groups in total. The van der Waals surface area contributed by atoms with E-state index in [-0.39, 0.29) is 11.3 Å². The van der Waals surface area contributed by atoms with E-state index in [0.717, 1.165) is 11.3 Å². The van der Waals surface area contributed by atoms with Crippen LogP contribution in [-0.4, -0.2) is 37.5 Å². The van der Waals surface area contributed by atoms with Gasteiger partial charge in [0.1, 0.15) is 17.9 Å². The Bertz CT molecular complexity index is 1270. The lowest BCUT2D eigenvalue weighted by Crippen LogP contribution is -2.47. The number of carbonyl (C=O) groups is 1. The first-order valence-corrected chi connectivity index (χ1v) is 9.37. The summed E-state index contributed by atoms with van der Waals surface area (Å²) in [5, 5.41) is 2.11. The third-order valence-electron chi connectivity index (χ3n) is 5.27. The van der Waals surface area contributed by atoms with Gasteiger partial charge in [-0.3, -0.25) is 9.20 Å². The van der Waals surface area contributed by atoms with E-state index >= 15 is 0 Å². The van der Waals surface area contributed by atoms with E-state index in [1.165, 1.54) is 12.7 Å². The highest BCUT2D eigenvalue weighted by Gasteiger charge is 2.50. The minimum Gasteiger partial charge on any atom is -0.443 e. The van der Waals surface area contributed by atoms with Crippen molar-refractivity contribution in [2.24, 2.45) is 5.92 Å². The van der Waals surface area contributed by atoms with E-state index in [4.69, 9.17) is 4.42 Å². The van der Waals surface area contributed by atoms with E-state index in [1.54, 1.807) is 35.6 Å². The second-order valence-corrected chi connectivity index (χ2v) is 7.43. The highest BCUT2D eigenvalue weighted by Crippen LogP contribution is 2.40. The number of nitrogens with zero attached hydrogens (tertiary/aromatic N) is 4. The van der Waals surface area contributed by atoms with E-state index in [1.807, 2.05) is 0 Å². The molecule has 0 radical (unpaired) electrons. The number of benzene rings is 1. The average molecular weight is 415 g/mol. The van der Waals surface area contributed by atoms with Gasteiger partial charge in [-0.2, -0.15) is 13.2 Å². The fraction of sp³-hybridized carbons (Fsp3) is 0.300. The molecule has 1 saturated carbocycles. The maximum absolute atomic E-state index is 13.3. The summed E-state index contributed by atoms with van der Waals surface area (Å²) in [4.78, 5) is 25.3. The minimum atomic E-state index is -4.51. The highest BCUT2D eigenvalue weighted by atomic mass is 19.4. The number of rotatable bonds is 4. The van der Waals surface area contributed by atoms with Crippen molar-refractivity contribution in [3.63, 3.8) is 0 Å². The van der Waals surface area contributed by atoms with Crippen LogP contribution < -0.4 is 5.32 Å². The summed E-state index contributed by atoms with van der Waals surface area (Å²) in [6.07, 6.45) is -0.891. The number of hydrogen-bond acceptors (Lipinski definition) is 5. The zero-order valence-electron chi connectivity index (χ0n) is 15.8. The number of halogens is 3. The molecule has 3 aromatic heterocycles. The second kappa shape index (κ2) is 6.54. The van der Waals surface area contributed by atoms with Crippen molar-refractivity contribution < 1.29 is 22.4 Å². The van der Waals surface area contributed by atoms with Crippen LogP contribution in [0.15, 0.2) is 41.4 Å². The highest BCUT2D eigenvalue weighted by molar-refractivity contribution is 5.98. The van der Waals surface area contributed by atoms with E-state index in [9.17, 15) is 18.0 Å². The van der Waals surface area contributed by atoms with E-state index in [0.29, 0.717) is 29.6 Å². The Kier molecular flexibility index (Phi) is 4.05. The van der Waals surface area contributed by atoms with Gasteiger partial charge >= 0.3 is 6.18 Å². The number of aromatic nitrogens is 4. The van der Waals surface area contributed by atoms with Crippen molar-refractivity contribution in [3.05, 3.63) is 48.4 Å². The molecule has 1 unspecified atom stereocenters. The number of alkyl halides is 3. The molecule has 7 nitrogen and oxygen atoms in total. The molecule has 0 spiro atoms. The summed E-state index contributed by atoms with van der Waals surface area (Å²) in [7, 11) is 0. The Morgan fingerprint density at radius 2 is 2.07 bits per heavy atom. The Morgan fingerprint density at radius 3 is 2.80 bits per heavy atom. The van der Waals surface area contributed by atoms with Crippen LogP contribution in [-0.2, 0) is 0 Å². The quantitative estimate of drug-likeness (QED) is 0.546. The molecule has 0 bridgehead atoms. The van der Waals surface area contributed by atoms with Crippen molar-refractivity contribution in [3.8, 4) is 11.3 Å². The first kappa shape index (κ1) is 18.6. The number of hydrogen-bond donors (Lipinski definition) is 1. The molecule has 1 aliphatic rings. The molecule has 0 saturated heterocycles. The van der Waals surface area contributed by atoms with Crippen molar-refractivity contribution >= 4 is 22.7 Å². The second-order valence-electron chi connectivity index (χ2n) is 7.43. The van der Waals surface area contributed by atoms with Gasteiger partial charge in [0.15, 0.2) is 23.3 Å². The largest absolute Gasteiger partial charge is 0.443 e. The van der Waals surface area contributed by atoms with Gasteiger partial charge in [0.25, 0.3) is 5.91 Å². The predicted molar refractivity (Wildman–Crippen MR) is 101 cm³/mol. The molecule has 30 heavy (non-hydrogen) atoms. The smallest absolute Gasteiger partial charge is 0.408 e. The molecule has 154 valence electrons. The molecule has 1 aliphatic carbocycles. The topological polar surface area (TPSA) is 85.3 Å². The van der Waals surface area contributed by atoms with Crippen LogP contribution in [0.3, 0.4) is 0 Å². The van der Waals surface area contributed by atoms with Gasteiger partial charge in [0.2, 0.25) is 0 Å². The Morgan fingerprint density at radius 1 is 1.27 bits per heavy atom. The molecule has 1 amide bonds. The maximum Gasteiger partial charge on any atom is 0.408 e.